The molecule has 8 nitrogen and oxygen atoms in total. The Morgan fingerprint density at radius 1 is 0.933 bits per heavy atom. The summed E-state index contributed by atoms with van der Waals surface area (Å²) in [6.07, 6.45) is 3.41. The van der Waals surface area contributed by atoms with E-state index < -0.39 is 0 Å². The number of nitrogens with one attached hydrogen (secondary N) is 1. The van der Waals surface area contributed by atoms with Crippen LogP contribution in [-0.4, -0.2) is 56.4 Å². The molecular weight excluding hydrogens is 385 g/mol. The van der Waals surface area contributed by atoms with Gasteiger partial charge in [0.1, 0.15) is 17.0 Å². The summed E-state index contributed by atoms with van der Waals surface area (Å²) in [5.41, 5.74) is 4.31. The van der Waals surface area contributed by atoms with E-state index in [1.165, 1.54) is 12.1 Å². The van der Waals surface area contributed by atoms with Crippen LogP contribution in [0.3, 0.4) is 0 Å². The van der Waals surface area contributed by atoms with Gasteiger partial charge in [-0.2, -0.15) is 5.10 Å². The van der Waals surface area contributed by atoms with Gasteiger partial charge in [0, 0.05) is 49.8 Å². The first kappa shape index (κ1) is 18.4. The summed E-state index contributed by atoms with van der Waals surface area (Å²) in [5.74, 6) is 0.412. The standard InChI is InChI=1S/C21H20FN7O/c22-15-1-3-16(4-2-15)28-9-11-29(12-10-28)21-17(13-30)24-19-18(26-27-20(19)25-21)14-5-7-23-8-6-14/h1-8,30H,9-13H2,(H,25,26,27). The molecule has 4 aromatic rings. The maximum absolute atomic E-state index is 13.2. The van der Waals surface area contributed by atoms with E-state index in [0.717, 1.165) is 30.0 Å². The number of anilines is 2. The minimum Gasteiger partial charge on any atom is -0.390 e. The van der Waals surface area contributed by atoms with Crippen molar-refractivity contribution in [3.05, 3.63) is 60.3 Å². The fraction of sp³-hybridized carbons (Fsp3) is 0.238. The van der Waals surface area contributed by atoms with Gasteiger partial charge in [0.2, 0.25) is 5.65 Å². The van der Waals surface area contributed by atoms with Crippen molar-refractivity contribution in [1.82, 2.24) is 25.1 Å². The van der Waals surface area contributed by atoms with Crippen LogP contribution < -0.4 is 9.80 Å². The molecule has 1 aliphatic rings. The lowest BCUT2D eigenvalue weighted by Crippen LogP contribution is -2.47. The Morgan fingerprint density at radius 3 is 2.33 bits per heavy atom. The topological polar surface area (TPSA) is 94.1 Å². The third kappa shape index (κ3) is 3.33. The maximum atomic E-state index is 13.2. The number of hydrogen-bond acceptors (Lipinski definition) is 7. The van der Waals surface area contributed by atoms with Crippen molar-refractivity contribution < 1.29 is 9.50 Å². The first-order valence-corrected chi connectivity index (χ1v) is 9.74. The van der Waals surface area contributed by atoms with Crippen molar-refractivity contribution in [1.29, 1.82) is 0 Å². The van der Waals surface area contributed by atoms with E-state index in [-0.39, 0.29) is 12.4 Å². The van der Waals surface area contributed by atoms with Crippen molar-refractivity contribution in [2.24, 2.45) is 0 Å². The molecule has 0 spiro atoms. The Morgan fingerprint density at radius 2 is 1.63 bits per heavy atom. The number of aliphatic hydroxyl groups is 1. The smallest absolute Gasteiger partial charge is 0.202 e. The fourth-order valence-electron chi connectivity index (χ4n) is 3.77. The van der Waals surface area contributed by atoms with Crippen LogP contribution in [0.4, 0.5) is 15.9 Å². The second kappa shape index (κ2) is 7.68. The SMILES string of the molecule is OCc1nc2c(-c3ccncc3)[nH]nc2nc1N1CCN(c2ccc(F)cc2)CC1. The van der Waals surface area contributed by atoms with Crippen LogP contribution in [0.25, 0.3) is 22.4 Å². The van der Waals surface area contributed by atoms with E-state index in [0.29, 0.717) is 35.8 Å². The van der Waals surface area contributed by atoms with Crippen molar-refractivity contribution in [3.63, 3.8) is 0 Å². The summed E-state index contributed by atoms with van der Waals surface area (Å²) in [6, 6.07) is 10.3. The number of nitrogens with zero attached hydrogens (tertiary/aromatic N) is 6. The lowest BCUT2D eigenvalue weighted by atomic mass is 10.2. The number of aromatic amines is 1. The van der Waals surface area contributed by atoms with E-state index in [4.69, 9.17) is 4.98 Å². The van der Waals surface area contributed by atoms with Gasteiger partial charge >= 0.3 is 0 Å². The molecule has 1 saturated heterocycles. The quantitative estimate of drug-likeness (QED) is 0.538. The van der Waals surface area contributed by atoms with Gasteiger partial charge < -0.3 is 14.9 Å². The molecule has 152 valence electrons. The Labute approximate surface area is 172 Å². The Balaban J connectivity index is 1.41. The number of fused-ring (bicyclic) bond motifs is 1. The van der Waals surface area contributed by atoms with Crippen molar-refractivity contribution >= 4 is 22.7 Å². The van der Waals surface area contributed by atoms with E-state index in [1.54, 1.807) is 24.5 Å². The van der Waals surface area contributed by atoms with Gasteiger partial charge in [-0.25, -0.2) is 14.4 Å². The average Bonchev–Trinajstić information content (AvgIpc) is 3.22. The Bertz CT molecular complexity index is 1160. The van der Waals surface area contributed by atoms with Gasteiger partial charge in [-0.1, -0.05) is 0 Å². The predicted molar refractivity (Wildman–Crippen MR) is 112 cm³/mol. The molecule has 5 rings (SSSR count). The Hall–Kier alpha value is -3.59. The number of benzene rings is 1. The minimum atomic E-state index is -0.237. The number of hydrogen-bond donors (Lipinski definition) is 2. The van der Waals surface area contributed by atoms with Crippen molar-refractivity contribution in [3.8, 4) is 11.3 Å². The number of aliphatic hydroxyl groups excluding tert-OH is 1. The van der Waals surface area contributed by atoms with Gasteiger partial charge in [0.05, 0.1) is 12.3 Å². The average molecular weight is 405 g/mol. The maximum Gasteiger partial charge on any atom is 0.202 e. The summed E-state index contributed by atoms with van der Waals surface area (Å²) in [7, 11) is 0. The third-order valence-electron chi connectivity index (χ3n) is 5.33. The summed E-state index contributed by atoms with van der Waals surface area (Å²) in [5, 5.41) is 17.3. The van der Waals surface area contributed by atoms with Gasteiger partial charge in [-0.3, -0.25) is 10.1 Å². The van der Waals surface area contributed by atoms with Crippen LogP contribution in [0, 0.1) is 5.82 Å². The van der Waals surface area contributed by atoms with Crippen LogP contribution in [0.15, 0.2) is 48.8 Å². The van der Waals surface area contributed by atoms with Crippen LogP contribution >= 0.6 is 0 Å². The number of piperazine rings is 1. The van der Waals surface area contributed by atoms with E-state index in [9.17, 15) is 9.50 Å². The van der Waals surface area contributed by atoms with Crippen LogP contribution in [0.5, 0.6) is 0 Å². The molecule has 0 unspecified atom stereocenters. The molecule has 0 amide bonds. The summed E-state index contributed by atoms with van der Waals surface area (Å²) in [6.45, 7) is 2.74. The second-order valence-corrected chi connectivity index (χ2v) is 7.11. The molecule has 3 aromatic heterocycles. The Kier molecular flexibility index (Phi) is 4.72. The highest BCUT2D eigenvalue weighted by molar-refractivity contribution is 5.88. The molecule has 0 saturated carbocycles. The zero-order chi connectivity index (χ0) is 20.5. The van der Waals surface area contributed by atoms with Crippen molar-refractivity contribution in [2.45, 2.75) is 6.61 Å². The molecule has 0 atom stereocenters. The zero-order valence-electron chi connectivity index (χ0n) is 16.2. The lowest BCUT2D eigenvalue weighted by molar-refractivity contribution is 0.277. The van der Waals surface area contributed by atoms with E-state index in [2.05, 4.69) is 30.0 Å². The highest BCUT2D eigenvalue weighted by atomic mass is 19.1. The minimum absolute atomic E-state index is 0.211. The molecule has 0 radical (unpaired) electrons. The highest BCUT2D eigenvalue weighted by Crippen LogP contribution is 2.28. The van der Waals surface area contributed by atoms with Gasteiger partial charge in [-0.15, -0.1) is 0 Å². The number of halogens is 1. The lowest BCUT2D eigenvalue weighted by Gasteiger charge is -2.37. The summed E-state index contributed by atoms with van der Waals surface area (Å²) in [4.78, 5) is 17.7. The van der Waals surface area contributed by atoms with Gasteiger partial charge in [0.25, 0.3) is 0 Å². The second-order valence-electron chi connectivity index (χ2n) is 7.11. The number of pyridine rings is 1. The number of rotatable bonds is 4. The molecule has 30 heavy (non-hydrogen) atoms. The first-order chi connectivity index (χ1) is 14.7. The van der Waals surface area contributed by atoms with E-state index >= 15 is 0 Å². The normalized spacial score (nSPS) is 14.5. The van der Waals surface area contributed by atoms with Crippen LogP contribution in [0.2, 0.25) is 0 Å². The van der Waals surface area contributed by atoms with Crippen LogP contribution in [-0.2, 0) is 6.61 Å². The van der Waals surface area contributed by atoms with E-state index in [1.807, 2.05) is 12.1 Å². The molecule has 1 aliphatic heterocycles. The molecule has 4 heterocycles. The monoisotopic (exact) mass is 405 g/mol. The summed E-state index contributed by atoms with van der Waals surface area (Å²) >= 11 is 0. The molecular formula is C21H20FN7O. The predicted octanol–water partition coefficient (Wildman–Crippen LogP) is 2.37. The third-order valence-corrected chi connectivity index (χ3v) is 5.33. The van der Waals surface area contributed by atoms with Crippen molar-refractivity contribution in [2.75, 3.05) is 36.0 Å². The van der Waals surface area contributed by atoms with Gasteiger partial charge in [0.15, 0.2) is 5.82 Å². The molecule has 1 fully saturated rings. The highest BCUT2D eigenvalue weighted by Gasteiger charge is 2.23. The molecule has 1 aromatic carbocycles. The number of H-pyrrole nitrogens is 1. The molecule has 0 bridgehead atoms. The molecule has 0 aliphatic carbocycles. The van der Waals surface area contributed by atoms with Crippen LogP contribution in [0.1, 0.15) is 5.69 Å². The summed E-state index contributed by atoms with van der Waals surface area (Å²) < 4.78 is 13.2. The zero-order valence-corrected chi connectivity index (χ0v) is 16.2. The fourth-order valence-corrected chi connectivity index (χ4v) is 3.77. The molecule has 9 heteroatoms. The largest absolute Gasteiger partial charge is 0.390 e. The first-order valence-electron chi connectivity index (χ1n) is 9.74. The molecule has 2 N–H and O–H groups in total. The van der Waals surface area contributed by atoms with Gasteiger partial charge in [-0.05, 0) is 36.4 Å². The number of aromatic nitrogens is 5.